The fraction of sp³-hybridized carbons (Fsp3) is 0. The Morgan fingerprint density at radius 1 is 1.17 bits per heavy atom. The Morgan fingerprint density at radius 3 is 2.67 bits per heavy atom. The summed E-state index contributed by atoms with van der Waals surface area (Å²) in [7, 11) is 0. The van der Waals surface area contributed by atoms with Crippen LogP contribution in [0.4, 0.5) is 10.2 Å². The van der Waals surface area contributed by atoms with Crippen LogP contribution < -0.4 is 5.32 Å². The zero-order valence-electron chi connectivity index (χ0n) is 8.82. The molecule has 18 heavy (non-hydrogen) atoms. The van der Waals surface area contributed by atoms with Crippen molar-refractivity contribution in [1.29, 1.82) is 0 Å². The number of rotatable bonds is 2. The van der Waals surface area contributed by atoms with E-state index in [1.165, 1.54) is 30.3 Å². The molecule has 0 saturated carbocycles. The summed E-state index contributed by atoms with van der Waals surface area (Å²) in [5.41, 5.74) is -0.0461. The first-order valence-corrected chi connectivity index (χ1v) is 5.58. The number of hydrogen-bond donors (Lipinski definition) is 1. The Balaban J connectivity index is 2.24. The Hall–Kier alpha value is -1.72. The van der Waals surface area contributed by atoms with E-state index < -0.39 is 11.9 Å². The average molecular weight is 286 g/mol. The van der Waals surface area contributed by atoms with Gasteiger partial charge in [-0.25, -0.2) is 9.97 Å². The smallest absolute Gasteiger partial charge is 0.277 e. The number of hydrogen-bond acceptors (Lipinski definition) is 3. The van der Waals surface area contributed by atoms with Crippen LogP contribution in [0.25, 0.3) is 0 Å². The minimum Gasteiger partial charge on any atom is -0.305 e. The van der Waals surface area contributed by atoms with E-state index in [2.05, 4.69) is 15.3 Å². The van der Waals surface area contributed by atoms with Gasteiger partial charge in [-0.2, -0.15) is 4.39 Å². The van der Waals surface area contributed by atoms with Crippen LogP contribution in [0.15, 0.2) is 30.3 Å². The lowest BCUT2D eigenvalue weighted by Crippen LogP contribution is -2.15. The second-order valence-corrected chi connectivity index (χ2v) is 4.06. The summed E-state index contributed by atoms with van der Waals surface area (Å²) in [6.45, 7) is 0. The molecule has 2 aromatic rings. The molecule has 0 aliphatic carbocycles. The molecule has 7 heteroatoms. The predicted molar refractivity (Wildman–Crippen MR) is 66.4 cm³/mol. The molecule has 0 saturated heterocycles. The van der Waals surface area contributed by atoms with Gasteiger partial charge in [0.15, 0.2) is 0 Å². The zero-order valence-corrected chi connectivity index (χ0v) is 10.3. The van der Waals surface area contributed by atoms with Gasteiger partial charge in [0.1, 0.15) is 16.7 Å². The zero-order chi connectivity index (χ0) is 13.1. The maximum Gasteiger partial charge on any atom is 0.277 e. The van der Waals surface area contributed by atoms with Gasteiger partial charge in [0.05, 0.1) is 5.02 Å². The lowest BCUT2D eigenvalue weighted by molar-refractivity contribution is 0.102. The van der Waals surface area contributed by atoms with Crippen molar-refractivity contribution in [3.63, 3.8) is 0 Å². The molecule has 2 heterocycles. The highest BCUT2D eigenvalue weighted by Gasteiger charge is 2.13. The minimum atomic E-state index is -0.696. The molecule has 0 fully saturated rings. The summed E-state index contributed by atoms with van der Waals surface area (Å²) in [5.74, 6) is -1.24. The van der Waals surface area contributed by atoms with E-state index >= 15 is 0 Å². The van der Waals surface area contributed by atoms with Gasteiger partial charge in [-0.1, -0.05) is 29.3 Å². The SMILES string of the molecule is O=C(Nc1cccc(F)n1)c1nc(Cl)ccc1Cl. The van der Waals surface area contributed by atoms with Gasteiger partial charge < -0.3 is 5.32 Å². The third kappa shape index (κ3) is 2.94. The van der Waals surface area contributed by atoms with E-state index in [0.717, 1.165) is 0 Å². The molecule has 0 aliphatic heterocycles. The first-order chi connectivity index (χ1) is 8.56. The van der Waals surface area contributed by atoms with Gasteiger partial charge in [0, 0.05) is 0 Å². The summed E-state index contributed by atoms with van der Waals surface area (Å²) in [6.07, 6.45) is 0. The number of anilines is 1. The molecule has 92 valence electrons. The number of carbonyl (C=O) groups is 1. The summed E-state index contributed by atoms with van der Waals surface area (Å²) >= 11 is 11.5. The van der Waals surface area contributed by atoms with Crippen molar-refractivity contribution in [1.82, 2.24) is 9.97 Å². The maximum absolute atomic E-state index is 12.8. The van der Waals surface area contributed by atoms with Crippen molar-refractivity contribution in [3.8, 4) is 0 Å². The van der Waals surface area contributed by atoms with Crippen molar-refractivity contribution < 1.29 is 9.18 Å². The monoisotopic (exact) mass is 285 g/mol. The van der Waals surface area contributed by atoms with Crippen LogP contribution in [0.5, 0.6) is 0 Å². The Morgan fingerprint density at radius 2 is 1.94 bits per heavy atom. The fourth-order valence-electron chi connectivity index (χ4n) is 1.23. The number of nitrogens with one attached hydrogen (secondary N) is 1. The molecule has 2 aromatic heterocycles. The van der Waals surface area contributed by atoms with Gasteiger partial charge >= 0.3 is 0 Å². The molecule has 0 aliphatic rings. The second kappa shape index (κ2) is 5.29. The number of aromatic nitrogens is 2. The van der Waals surface area contributed by atoms with Crippen LogP contribution in [0.3, 0.4) is 0 Å². The molecule has 0 unspecified atom stereocenters. The Bertz CT molecular complexity index is 607. The molecule has 1 N–H and O–H groups in total. The molecule has 0 aromatic carbocycles. The largest absolute Gasteiger partial charge is 0.305 e. The van der Waals surface area contributed by atoms with Gasteiger partial charge in [-0.15, -0.1) is 0 Å². The summed E-state index contributed by atoms with van der Waals surface area (Å²) < 4.78 is 12.8. The Labute approximate surface area is 112 Å². The normalized spacial score (nSPS) is 10.2. The number of amides is 1. The van der Waals surface area contributed by atoms with Gasteiger partial charge in [0.25, 0.3) is 5.91 Å². The summed E-state index contributed by atoms with van der Waals surface area (Å²) in [4.78, 5) is 19.1. The predicted octanol–water partition coefficient (Wildman–Crippen LogP) is 3.17. The standard InChI is InChI=1S/C11H6Cl2FN3O/c12-6-4-5-7(13)15-10(6)11(18)17-9-3-1-2-8(14)16-9/h1-5H,(H,16,17,18). The molecular formula is C11H6Cl2FN3O. The highest BCUT2D eigenvalue weighted by molar-refractivity contribution is 6.35. The maximum atomic E-state index is 12.8. The first kappa shape index (κ1) is 12.7. The number of carbonyl (C=O) groups excluding carboxylic acids is 1. The molecule has 0 atom stereocenters. The van der Waals surface area contributed by atoms with E-state index in [9.17, 15) is 9.18 Å². The van der Waals surface area contributed by atoms with Crippen molar-refractivity contribution in [2.24, 2.45) is 0 Å². The van der Waals surface area contributed by atoms with Gasteiger partial charge in [-0.3, -0.25) is 4.79 Å². The lowest BCUT2D eigenvalue weighted by Gasteiger charge is -2.05. The lowest BCUT2D eigenvalue weighted by atomic mass is 10.3. The van der Waals surface area contributed by atoms with Crippen LogP contribution >= 0.6 is 23.2 Å². The van der Waals surface area contributed by atoms with Crippen LogP contribution in [-0.4, -0.2) is 15.9 Å². The molecule has 4 nitrogen and oxygen atoms in total. The average Bonchev–Trinajstić information content (AvgIpc) is 2.32. The summed E-state index contributed by atoms with van der Waals surface area (Å²) in [6, 6.07) is 6.94. The molecule has 2 rings (SSSR count). The van der Waals surface area contributed by atoms with Gasteiger partial charge in [-0.05, 0) is 24.3 Å². The molecular weight excluding hydrogens is 280 g/mol. The third-order valence-corrected chi connectivity index (χ3v) is 2.50. The highest BCUT2D eigenvalue weighted by Crippen LogP contribution is 2.18. The van der Waals surface area contributed by atoms with Crippen molar-refractivity contribution in [2.75, 3.05) is 5.32 Å². The number of nitrogens with zero attached hydrogens (tertiary/aromatic N) is 2. The minimum absolute atomic E-state index is 0.0461. The van der Waals surface area contributed by atoms with Crippen molar-refractivity contribution >= 4 is 34.9 Å². The van der Waals surface area contributed by atoms with Crippen LogP contribution in [0.1, 0.15) is 10.5 Å². The first-order valence-electron chi connectivity index (χ1n) is 4.82. The van der Waals surface area contributed by atoms with E-state index in [1.807, 2.05) is 0 Å². The molecule has 0 spiro atoms. The van der Waals surface area contributed by atoms with Crippen LogP contribution in [0, 0.1) is 5.95 Å². The highest BCUT2D eigenvalue weighted by atomic mass is 35.5. The number of pyridine rings is 2. The van der Waals surface area contributed by atoms with Crippen molar-refractivity contribution in [3.05, 3.63) is 52.1 Å². The summed E-state index contributed by atoms with van der Waals surface area (Å²) in [5, 5.41) is 2.65. The van der Waals surface area contributed by atoms with Crippen LogP contribution in [0.2, 0.25) is 10.2 Å². The second-order valence-electron chi connectivity index (χ2n) is 3.26. The molecule has 1 amide bonds. The van der Waals surface area contributed by atoms with E-state index in [-0.39, 0.29) is 21.7 Å². The van der Waals surface area contributed by atoms with E-state index in [0.29, 0.717) is 0 Å². The Kier molecular flexibility index (Phi) is 3.74. The molecule has 0 bridgehead atoms. The van der Waals surface area contributed by atoms with E-state index in [1.54, 1.807) is 0 Å². The molecule has 0 radical (unpaired) electrons. The fourth-order valence-corrected chi connectivity index (χ4v) is 1.57. The quantitative estimate of drug-likeness (QED) is 0.863. The van der Waals surface area contributed by atoms with E-state index in [4.69, 9.17) is 23.2 Å². The van der Waals surface area contributed by atoms with Gasteiger partial charge in [0.2, 0.25) is 5.95 Å². The van der Waals surface area contributed by atoms with Crippen LogP contribution in [-0.2, 0) is 0 Å². The third-order valence-electron chi connectivity index (χ3n) is 1.98. The topological polar surface area (TPSA) is 54.9 Å². The van der Waals surface area contributed by atoms with Crippen molar-refractivity contribution in [2.45, 2.75) is 0 Å². The number of halogens is 3.